The monoisotopic (exact) mass is 391 g/mol. The molecule has 0 N–H and O–H groups in total. The number of rotatable bonds is 7. The lowest BCUT2D eigenvalue weighted by Crippen LogP contribution is -2.20. The zero-order valence-electron chi connectivity index (χ0n) is 19.1. The molecule has 1 fully saturated rings. The van der Waals surface area contributed by atoms with Crippen molar-refractivity contribution in [2.24, 2.45) is 5.41 Å². The molecule has 0 unspecified atom stereocenters. The number of carbonyl (C=O) groups excluding carboxylic acids is 1. The first-order valence-corrected chi connectivity index (χ1v) is 11.1. The van der Waals surface area contributed by atoms with E-state index in [9.17, 15) is 4.79 Å². The molecule has 156 valence electrons. The van der Waals surface area contributed by atoms with Crippen LogP contribution in [0.25, 0.3) is 0 Å². The van der Waals surface area contributed by atoms with Gasteiger partial charge in [0.15, 0.2) is 5.78 Å². The minimum atomic E-state index is -0.0429. The summed E-state index contributed by atoms with van der Waals surface area (Å²) in [5.41, 5.74) is 4.91. The van der Waals surface area contributed by atoms with Gasteiger partial charge in [-0.15, -0.1) is 0 Å². The fraction of sp³-hybridized carbons (Fsp3) is 0.556. The second-order valence-corrected chi connectivity index (χ2v) is 11.1. The predicted molar refractivity (Wildman–Crippen MR) is 122 cm³/mol. The molecule has 0 radical (unpaired) electrons. The van der Waals surface area contributed by atoms with Crippen LogP contribution in [0.3, 0.4) is 0 Å². The van der Waals surface area contributed by atoms with Crippen LogP contribution in [-0.4, -0.2) is 10.8 Å². The van der Waals surface area contributed by atoms with Crippen LogP contribution in [0.2, 0.25) is 0 Å². The Labute approximate surface area is 177 Å². The van der Waals surface area contributed by atoms with Gasteiger partial charge in [0.2, 0.25) is 0 Å². The van der Waals surface area contributed by atoms with Gasteiger partial charge in [-0.25, -0.2) is 0 Å². The SMILES string of the molecule is CC(C)(C)CCCc1c(C(=O)CC2(c3ccccn3)CC2)cccc1C(C)(C)C. The minimum absolute atomic E-state index is 0.0333. The van der Waals surface area contributed by atoms with E-state index >= 15 is 0 Å². The normalized spacial score (nSPS) is 15.9. The molecule has 1 heterocycles. The van der Waals surface area contributed by atoms with Gasteiger partial charge in [-0.1, -0.05) is 65.8 Å². The number of hydrogen-bond acceptors (Lipinski definition) is 2. The fourth-order valence-electron chi connectivity index (χ4n) is 4.37. The van der Waals surface area contributed by atoms with Crippen LogP contribution >= 0.6 is 0 Å². The first-order valence-electron chi connectivity index (χ1n) is 11.1. The molecule has 0 spiro atoms. The Balaban J connectivity index is 1.88. The molecule has 2 heteroatoms. The minimum Gasteiger partial charge on any atom is -0.294 e. The Kier molecular flexibility index (Phi) is 6.03. The largest absolute Gasteiger partial charge is 0.294 e. The lowest BCUT2D eigenvalue weighted by atomic mass is 9.78. The molecule has 1 aromatic carbocycles. The second-order valence-electron chi connectivity index (χ2n) is 11.1. The van der Waals surface area contributed by atoms with Gasteiger partial charge in [0.05, 0.1) is 0 Å². The first kappa shape index (κ1) is 21.7. The topological polar surface area (TPSA) is 30.0 Å². The van der Waals surface area contributed by atoms with E-state index in [1.54, 1.807) is 0 Å². The van der Waals surface area contributed by atoms with Gasteiger partial charge in [-0.05, 0) is 66.2 Å². The van der Waals surface area contributed by atoms with E-state index in [1.807, 2.05) is 18.3 Å². The fourth-order valence-corrected chi connectivity index (χ4v) is 4.37. The molecule has 0 aliphatic heterocycles. The lowest BCUT2D eigenvalue weighted by Gasteiger charge is -2.26. The highest BCUT2D eigenvalue weighted by atomic mass is 16.1. The van der Waals surface area contributed by atoms with Crippen LogP contribution in [0.15, 0.2) is 42.6 Å². The van der Waals surface area contributed by atoms with Gasteiger partial charge in [-0.2, -0.15) is 0 Å². The average Bonchev–Trinajstić information content (AvgIpc) is 3.41. The van der Waals surface area contributed by atoms with Crippen molar-refractivity contribution in [3.63, 3.8) is 0 Å². The summed E-state index contributed by atoms with van der Waals surface area (Å²) in [5.74, 6) is 0.282. The molecule has 0 bridgehead atoms. The number of Topliss-reactive ketones (excluding diaryl/α,β-unsaturated/α-hetero) is 1. The van der Waals surface area contributed by atoms with Gasteiger partial charge in [0.1, 0.15) is 0 Å². The standard InChI is InChI=1S/C27H37NO/c1-25(2,3)15-10-12-20-21(11-9-13-22(20)26(4,5)6)23(29)19-27(16-17-27)24-14-7-8-18-28-24/h7-9,11,13-14,18H,10,12,15-17,19H2,1-6H3. The van der Waals surface area contributed by atoms with Gasteiger partial charge >= 0.3 is 0 Å². The van der Waals surface area contributed by atoms with Crippen molar-refractivity contribution in [1.29, 1.82) is 0 Å². The van der Waals surface area contributed by atoms with E-state index in [2.05, 4.69) is 70.8 Å². The third-order valence-corrected chi connectivity index (χ3v) is 6.20. The Morgan fingerprint density at radius 2 is 1.72 bits per heavy atom. The highest BCUT2D eigenvalue weighted by molar-refractivity contribution is 5.99. The molecule has 1 aliphatic rings. The van der Waals surface area contributed by atoms with E-state index in [4.69, 9.17) is 0 Å². The van der Waals surface area contributed by atoms with E-state index in [0.29, 0.717) is 11.8 Å². The zero-order valence-corrected chi connectivity index (χ0v) is 19.1. The van der Waals surface area contributed by atoms with E-state index in [1.165, 1.54) is 11.1 Å². The van der Waals surface area contributed by atoms with Crippen molar-refractivity contribution in [1.82, 2.24) is 4.98 Å². The second kappa shape index (κ2) is 8.05. The quantitative estimate of drug-likeness (QED) is 0.473. The van der Waals surface area contributed by atoms with Gasteiger partial charge in [0.25, 0.3) is 0 Å². The number of nitrogens with zero attached hydrogens (tertiary/aromatic N) is 1. The van der Waals surface area contributed by atoms with Crippen LogP contribution in [-0.2, 0) is 17.3 Å². The summed E-state index contributed by atoms with van der Waals surface area (Å²) in [6, 6.07) is 12.4. The third kappa shape index (κ3) is 5.35. The molecular weight excluding hydrogens is 354 g/mol. The van der Waals surface area contributed by atoms with Gasteiger partial charge in [-0.3, -0.25) is 9.78 Å². The molecular formula is C27H37NO. The molecule has 29 heavy (non-hydrogen) atoms. The van der Waals surface area contributed by atoms with Crippen LogP contribution in [0, 0.1) is 5.41 Å². The Morgan fingerprint density at radius 3 is 2.28 bits per heavy atom. The van der Waals surface area contributed by atoms with Gasteiger partial charge in [0, 0.05) is 29.3 Å². The Bertz CT molecular complexity index is 848. The molecule has 1 aromatic heterocycles. The number of ketones is 1. The highest BCUT2D eigenvalue weighted by Gasteiger charge is 2.47. The van der Waals surface area contributed by atoms with E-state index in [-0.39, 0.29) is 16.6 Å². The van der Waals surface area contributed by atoms with Crippen molar-refractivity contribution in [3.05, 3.63) is 65.0 Å². The molecule has 2 nitrogen and oxygen atoms in total. The lowest BCUT2D eigenvalue weighted by molar-refractivity contribution is 0.0968. The summed E-state index contributed by atoms with van der Waals surface area (Å²) < 4.78 is 0. The summed E-state index contributed by atoms with van der Waals surface area (Å²) >= 11 is 0. The predicted octanol–water partition coefficient (Wildman–Crippen LogP) is 7.05. The van der Waals surface area contributed by atoms with Crippen LogP contribution in [0.5, 0.6) is 0 Å². The molecule has 3 rings (SSSR count). The summed E-state index contributed by atoms with van der Waals surface area (Å²) in [6.07, 6.45) is 7.80. The highest BCUT2D eigenvalue weighted by Crippen LogP contribution is 2.51. The van der Waals surface area contributed by atoms with Crippen LogP contribution in [0.1, 0.15) is 101 Å². The molecule has 0 amide bonds. The smallest absolute Gasteiger partial charge is 0.164 e. The van der Waals surface area contributed by atoms with Crippen molar-refractivity contribution in [3.8, 4) is 0 Å². The number of carbonyl (C=O) groups is 1. The number of benzene rings is 1. The average molecular weight is 392 g/mol. The van der Waals surface area contributed by atoms with E-state index < -0.39 is 0 Å². The molecule has 1 saturated carbocycles. The third-order valence-electron chi connectivity index (χ3n) is 6.20. The van der Waals surface area contributed by atoms with Gasteiger partial charge < -0.3 is 0 Å². The van der Waals surface area contributed by atoms with Crippen LogP contribution < -0.4 is 0 Å². The summed E-state index contributed by atoms with van der Waals surface area (Å²) in [5, 5.41) is 0. The summed E-state index contributed by atoms with van der Waals surface area (Å²) in [4.78, 5) is 18.1. The molecule has 0 atom stereocenters. The number of aromatic nitrogens is 1. The zero-order chi connectivity index (χ0) is 21.3. The number of hydrogen-bond donors (Lipinski definition) is 0. The van der Waals surface area contributed by atoms with E-state index in [0.717, 1.165) is 43.4 Å². The maximum absolute atomic E-state index is 13.5. The first-order chi connectivity index (χ1) is 13.5. The Morgan fingerprint density at radius 1 is 1.00 bits per heavy atom. The summed E-state index contributed by atoms with van der Waals surface area (Å²) in [7, 11) is 0. The molecule has 0 saturated heterocycles. The Hall–Kier alpha value is -1.96. The molecule has 1 aliphatic carbocycles. The summed E-state index contributed by atoms with van der Waals surface area (Å²) in [6.45, 7) is 13.6. The maximum atomic E-state index is 13.5. The number of pyridine rings is 1. The van der Waals surface area contributed by atoms with Crippen molar-refractivity contribution < 1.29 is 4.79 Å². The van der Waals surface area contributed by atoms with Crippen LogP contribution in [0.4, 0.5) is 0 Å². The maximum Gasteiger partial charge on any atom is 0.164 e. The van der Waals surface area contributed by atoms with Crippen molar-refractivity contribution in [2.75, 3.05) is 0 Å². The van der Waals surface area contributed by atoms with Crippen molar-refractivity contribution in [2.45, 2.75) is 90.9 Å². The molecule has 2 aromatic rings. The van der Waals surface area contributed by atoms with Crippen molar-refractivity contribution >= 4 is 5.78 Å².